The van der Waals surface area contributed by atoms with Gasteiger partial charge in [0.15, 0.2) is 0 Å². The average molecular weight is 250 g/mol. The maximum absolute atomic E-state index is 12.1. The Labute approximate surface area is 108 Å². The molecule has 5 heteroatoms. The smallest absolute Gasteiger partial charge is 0.241 e. The number of anilines is 1. The lowest BCUT2D eigenvalue weighted by Gasteiger charge is -2.12. The summed E-state index contributed by atoms with van der Waals surface area (Å²) in [7, 11) is 0. The number of hydrogen-bond donors (Lipinski definition) is 2. The fourth-order valence-electron chi connectivity index (χ4n) is 2.47. The van der Waals surface area contributed by atoms with E-state index in [1.807, 2.05) is 18.5 Å². The van der Waals surface area contributed by atoms with Crippen LogP contribution in [-0.4, -0.2) is 28.3 Å². The van der Waals surface area contributed by atoms with Crippen molar-refractivity contribution in [1.29, 1.82) is 0 Å². The Kier molecular flexibility index (Phi) is 3.71. The summed E-state index contributed by atoms with van der Waals surface area (Å²) in [4.78, 5) is 12.1. The van der Waals surface area contributed by atoms with E-state index < -0.39 is 0 Å². The van der Waals surface area contributed by atoms with Crippen molar-refractivity contribution in [3.05, 3.63) is 11.4 Å². The topological polar surface area (TPSA) is 59.0 Å². The minimum atomic E-state index is -0.0498. The number of aromatic nitrogens is 2. The van der Waals surface area contributed by atoms with Crippen molar-refractivity contribution < 1.29 is 4.79 Å². The molecule has 0 unspecified atom stereocenters. The van der Waals surface area contributed by atoms with Crippen LogP contribution < -0.4 is 10.6 Å². The number of amides is 1. The molecule has 1 aromatic heterocycles. The van der Waals surface area contributed by atoms with Gasteiger partial charge in [-0.3, -0.25) is 9.48 Å². The zero-order valence-corrected chi connectivity index (χ0v) is 11.6. The van der Waals surface area contributed by atoms with Crippen molar-refractivity contribution in [1.82, 2.24) is 15.1 Å². The van der Waals surface area contributed by atoms with Crippen molar-refractivity contribution in [2.75, 3.05) is 11.9 Å². The van der Waals surface area contributed by atoms with Gasteiger partial charge in [0.1, 0.15) is 0 Å². The van der Waals surface area contributed by atoms with Gasteiger partial charge in [-0.2, -0.15) is 5.10 Å². The monoisotopic (exact) mass is 250 g/mol. The second-order valence-electron chi connectivity index (χ2n) is 5.22. The van der Waals surface area contributed by atoms with E-state index in [9.17, 15) is 4.79 Å². The minimum absolute atomic E-state index is 0.0498. The molecule has 0 bridgehead atoms. The Morgan fingerprint density at radius 2 is 2.22 bits per heavy atom. The van der Waals surface area contributed by atoms with Crippen LogP contribution in [0.5, 0.6) is 0 Å². The quantitative estimate of drug-likeness (QED) is 0.859. The van der Waals surface area contributed by atoms with Crippen LogP contribution in [0.4, 0.5) is 5.69 Å². The van der Waals surface area contributed by atoms with Crippen LogP contribution in [-0.2, 0) is 4.79 Å². The summed E-state index contributed by atoms with van der Waals surface area (Å²) in [5, 5.41) is 10.7. The lowest BCUT2D eigenvalue weighted by molar-refractivity contribution is -0.117. The molecule has 0 spiro atoms. The molecule has 2 heterocycles. The number of nitrogens with zero attached hydrogens (tertiary/aromatic N) is 2. The molecule has 0 aliphatic carbocycles. The normalized spacial score (nSPS) is 19.5. The molecule has 5 nitrogen and oxygen atoms in total. The third kappa shape index (κ3) is 2.41. The highest BCUT2D eigenvalue weighted by molar-refractivity contribution is 5.96. The average Bonchev–Trinajstić information content (AvgIpc) is 2.92. The van der Waals surface area contributed by atoms with Gasteiger partial charge in [-0.05, 0) is 47.1 Å². The summed E-state index contributed by atoms with van der Waals surface area (Å²) in [6.07, 6.45) is 1.99. The number of carbonyl (C=O) groups excluding carboxylic acids is 1. The van der Waals surface area contributed by atoms with Gasteiger partial charge in [0, 0.05) is 6.04 Å². The number of aryl methyl sites for hydroxylation is 1. The largest absolute Gasteiger partial charge is 0.322 e. The molecular weight excluding hydrogens is 228 g/mol. The molecular formula is C13H22N4O. The van der Waals surface area contributed by atoms with Gasteiger partial charge in [0.2, 0.25) is 5.91 Å². The Morgan fingerprint density at radius 1 is 1.50 bits per heavy atom. The first-order valence-corrected chi connectivity index (χ1v) is 6.60. The first-order valence-electron chi connectivity index (χ1n) is 6.60. The zero-order chi connectivity index (χ0) is 13.3. The van der Waals surface area contributed by atoms with E-state index in [1.54, 1.807) is 0 Å². The van der Waals surface area contributed by atoms with Gasteiger partial charge in [-0.1, -0.05) is 0 Å². The molecule has 1 aliphatic heterocycles. The fraction of sp³-hybridized carbons (Fsp3) is 0.692. The molecule has 100 valence electrons. The lowest BCUT2D eigenvalue weighted by atomic mass is 10.2. The number of carbonyl (C=O) groups is 1. The lowest BCUT2D eigenvalue weighted by Crippen LogP contribution is -2.35. The Hall–Kier alpha value is -1.36. The van der Waals surface area contributed by atoms with Gasteiger partial charge in [-0.15, -0.1) is 0 Å². The molecule has 1 aromatic rings. The van der Waals surface area contributed by atoms with Crippen LogP contribution in [0.25, 0.3) is 0 Å². The fourth-order valence-corrected chi connectivity index (χ4v) is 2.47. The van der Waals surface area contributed by atoms with Crippen molar-refractivity contribution in [2.24, 2.45) is 0 Å². The first kappa shape index (κ1) is 13.1. The highest BCUT2D eigenvalue weighted by atomic mass is 16.2. The summed E-state index contributed by atoms with van der Waals surface area (Å²) in [5.41, 5.74) is 2.77. The standard InChI is InChI=1S/C13H22N4O/c1-8(2)17-10(4)12(9(3)16-17)15-13(18)11-6-5-7-14-11/h8,11,14H,5-7H2,1-4H3,(H,15,18)/t11-/m0/s1. The van der Waals surface area contributed by atoms with Crippen molar-refractivity contribution in [3.63, 3.8) is 0 Å². The van der Waals surface area contributed by atoms with E-state index >= 15 is 0 Å². The predicted molar refractivity (Wildman–Crippen MR) is 71.7 cm³/mol. The van der Waals surface area contributed by atoms with Crippen molar-refractivity contribution in [2.45, 2.75) is 52.6 Å². The van der Waals surface area contributed by atoms with Crippen molar-refractivity contribution in [3.8, 4) is 0 Å². The number of nitrogens with one attached hydrogen (secondary N) is 2. The van der Waals surface area contributed by atoms with Gasteiger partial charge >= 0.3 is 0 Å². The van der Waals surface area contributed by atoms with Crippen LogP contribution in [0.3, 0.4) is 0 Å². The van der Waals surface area contributed by atoms with Gasteiger partial charge in [-0.25, -0.2) is 0 Å². The van der Waals surface area contributed by atoms with Gasteiger partial charge in [0.25, 0.3) is 0 Å². The van der Waals surface area contributed by atoms with Crippen LogP contribution in [0.1, 0.15) is 44.1 Å². The molecule has 0 radical (unpaired) electrons. The molecule has 1 saturated heterocycles. The Bertz CT molecular complexity index is 444. The molecule has 2 rings (SSSR count). The second kappa shape index (κ2) is 5.10. The van der Waals surface area contributed by atoms with E-state index in [0.717, 1.165) is 36.5 Å². The van der Waals surface area contributed by atoms with Crippen LogP contribution in [0, 0.1) is 13.8 Å². The molecule has 2 N–H and O–H groups in total. The second-order valence-corrected chi connectivity index (χ2v) is 5.22. The highest BCUT2D eigenvalue weighted by Gasteiger charge is 2.24. The van der Waals surface area contributed by atoms with E-state index in [0.29, 0.717) is 6.04 Å². The molecule has 1 atom stereocenters. The predicted octanol–water partition coefficient (Wildman–Crippen LogP) is 1.77. The molecule has 18 heavy (non-hydrogen) atoms. The third-order valence-corrected chi connectivity index (χ3v) is 3.44. The zero-order valence-electron chi connectivity index (χ0n) is 11.6. The van der Waals surface area contributed by atoms with Crippen LogP contribution >= 0.6 is 0 Å². The van der Waals surface area contributed by atoms with Gasteiger partial charge in [0.05, 0.1) is 23.1 Å². The number of rotatable bonds is 3. The summed E-state index contributed by atoms with van der Waals surface area (Å²) in [6, 6.07) is 0.255. The molecule has 1 fully saturated rings. The molecule has 1 aliphatic rings. The van der Waals surface area contributed by atoms with Crippen LogP contribution in [0.15, 0.2) is 0 Å². The SMILES string of the molecule is Cc1nn(C(C)C)c(C)c1NC(=O)[C@@H]1CCCN1. The Morgan fingerprint density at radius 3 is 2.72 bits per heavy atom. The summed E-state index contributed by atoms with van der Waals surface area (Å²) >= 11 is 0. The van der Waals surface area contributed by atoms with Crippen LogP contribution in [0.2, 0.25) is 0 Å². The maximum atomic E-state index is 12.1. The van der Waals surface area contributed by atoms with E-state index in [-0.39, 0.29) is 11.9 Å². The minimum Gasteiger partial charge on any atom is -0.322 e. The summed E-state index contributed by atoms with van der Waals surface area (Å²) in [5.74, 6) is 0.0574. The molecule has 1 amide bonds. The van der Waals surface area contributed by atoms with E-state index in [1.165, 1.54) is 0 Å². The molecule has 0 saturated carbocycles. The third-order valence-electron chi connectivity index (χ3n) is 3.44. The summed E-state index contributed by atoms with van der Waals surface area (Å²) < 4.78 is 1.95. The molecule has 0 aromatic carbocycles. The highest BCUT2D eigenvalue weighted by Crippen LogP contribution is 2.23. The maximum Gasteiger partial charge on any atom is 0.241 e. The Balaban J connectivity index is 2.16. The first-order chi connectivity index (χ1) is 8.50. The van der Waals surface area contributed by atoms with E-state index in [4.69, 9.17) is 0 Å². The van der Waals surface area contributed by atoms with E-state index in [2.05, 4.69) is 29.6 Å². The van der Waals surface area contributed by atoms with Gasteiger partial charge < -0.3 is 10.6 Å². The number of hydrogen-bond acceptors (Lipinski definition) is 3. The summed E-state index contributed by atoms with van der Waals surface area (Å²) in [6.45, 7) is 9.04. The van der Waals surface area contributed by atoms with Crippen molar-refractivity contribution >= 4 is 11.6 Å².